The maximum atomic E-state index is 14.0. The number of amidine groups is 1. The van der Waals surface area contributed by atoms with Gasteiger partial charge < -0.3 is 10.1 Å². The van der Waals surface area contributed by atoms with Crippen molar-refractivity contribution in [2.24, 2.45) is 4.99 Å². The molecule has 1 atom stereocenters. The van der Waals surface area contributed by atoms with Crippen LogP contribution in [-0.2, 0) is 11.3 Å². The van der Waals surface area contributed by atoms with E-state index in [1.54, 1.807) is 29.6 Å². The molecule has 0 aromatic heterocycles. The molecule has 2 aromatic rings. The summed E-state index contributed by atoms with van der Waals surface area (Å²) in [6.07, 6.45) is -5.17. The highest BCUT2D eigenvalue weighted by Gasteiger charge is 2.66. The lowest BCUT2D eigenvalue weighted by Crippen LogP contribution is -2.63. The number of ether oxygens (including phenoxy) is 1. The van der Waals surface area contributed by atoms with E-state index in [1.807, 2.05) is 0 Å². The number of aliphatic imine (C=N–C) groups is 1. The van der Waals surface area contributed by atoms with Crippen LogP contribution in [0.1, 0.15) is 22.8 Å². The molecule has 1 heterocycles. The van der Waals surface area contributed by atoms with Crippen LogP contribution in [0.3, 0.4) is 0 Å². The third kappa shape index (κ3) is 3.85. The second kappa shape index (κ2) is 7.98. The molecule has 0 bridgehead atoms. The number of benzene rings is 2. The molecule has 0 spiro atoms. The second-order valence-electron chi connectivity index (χ2n) is 6.54. The van der Waals surface area contributed by atoms with Crippen molar-refractivity contribution in [3.8, 4) is 5.75 Å². The minimum Gasteiger partial charge on any atom is -0.497 e. The predicted octanol–water partition coefficient (Wildman–Crippen LogP) is 3.80. The summed E-state index contributed by atoms with van der Waals surface area (Å²) in [6, 6.07) is 12.1. The van der Waals surface area contributed by atoms with E-state index >= 15 is 0 Å². The van der Waals surface area contributed by atoms with E-state index in [0.29, 0.717) is 11.3 Å². The van der Waals surface area contributed by atoms with Crippen molar-refractivity contribution in [2.75, 3.05) is 7.11 Å². The van der Waals surface area contributed by atoms with Crippen molar-refractivity contribution in [3.63, 3.8) is 0 Å². The maximum Gasteiger partial charge on any atom is 0.442 e. The summed E-state index contributed by atoms with van der Waals surface area (Å²) < 4.78 is 47.1. The summed E-state index contributed by atoms with van der Waals surface area (Å²) >= 11 is 5.91. The molecule has 0 aliphatic carbocycles. The van der Waals surface area contributed by atoms with Gasteiger partial charge in [0, 0.05) is 0 Å². The molecule has 1 aliphatic heterocycles. The molecule has 3 rings (SSSR count). The Bertz CT molecular complexity index is 1010. The van der Waals surface area contributed by atoms with Gasteiger partial charge in [0.05, 0.1) is 24.2 Å². The van der Waals surface area contributed by atoms with Gasteiger partial charge in [0.25, 0.3) is 11.8 Å². The zero-order chi connectivity index (χ0) is 22.1. The molecule has 0 saturated heterocycles. The zero-order valence-electron chi connectivity index (χ0n) is 16.0. The van der Waals surface area contributed by atoms with Crippen LogP contribution < -0.4 is 10.1 Å². The molecule has 10 heteroatoms. The van der Waals surface area contributed by atoms with Crippen molar-refractivity contribution >= 4 is 29.3 Å². The average Bonchev–Trinajstić information content (AvgIpc) is 2.93. The van der Waals surface area contributed by atoms with Gasteiger partial charge in [0.1, 0.15) is 11.6 Å². The van der Waals surface area contributed by atoms with Crippen LogP contribution >= 0.6 is 11.6 Å². The van der Waals surface area contributed by atoms with E-state index in [9.17, 15) is 22.8 Å². The number of hydrogen-bond acceptors (Lipinski definition) is 4. The molecule has 2 aromatic carbocycles. The number of amides is 2. The van der Waals surface area contributed by atoms with Crippen LogP contribution in [0.25, 0.3) is 0 Å². The Hall–Kier alpha value is -3.07. The number of nitrogens with one attached hydrogen (secondary N) is 1. The fourth-order valence-electron chi connectivity index (χ4n) is 3.01. The van der Waals surface area contributed by atoms with Gasteiger partial charge in [-0.15, -0.1) is 0 Å². The third-order valence-electron chi connectivity index (χ3n) is 4.60. The SMILES string of the molecule is COc1ccc(CN2C(=O)C(NC(=O)c3ccccc3Cl)(C(F)(F)F)N=C2C)cc1. The highest BCUT2D eigenvalue weighted by Crippen LogP contribution is 2.38. The number of methoxy groups -OCH3 is 1. The summed E-state index contributed by atoms with van der Waals surface area (Å²) in [5, 5.41) is 1.71. The quantitative estimate of drug-likeness (QED) is 0.770. The second-order valence-corrected chi connectivity index (χ2v) is 6.95. The summed E-state index contributed by atoms with van der Waals surface area (Å²) in [7, 11) is 1.48. The monoisotopic (exact) mass is 439 g/mol. The van der Waals surface area contributed by atoms with Crippen LogP contribution in [0.2, 0.25) is 5.02 Å². The number of carbonyl (C=O) groups excluding carboxylic acids is 2. The fourth-order valence-corrected chi connectivity index (χ4v) is 3.23. The lowest BCUT2D eigenvalue weighted by atomic mass is 10.1. The van der Waals surface area contributed by atoms with Gasteiger partial charge in [0.2, 0.25) is 0 Å². The Labute approximate surface area is 175 Å². The molecule has 30 heavy (non-hydrogen) atoms. The lowest BCUT2D eigenvalue weighted by molar-refractivity contribution is -0.196. The molecular weight excluding hydrogens is 423 g/mol. The predicted molar refractivity (Wildman–Crippen MR) is 104 cm³/mol. The van der Waals surface area contributed by atoms with E-state index in [4.69, 9.17) is 16.3 Å². The molecule has 1 aliphatic rings. The zero-order valence-corrected chi connectivity index (χ0v) is 16.7. The normalized spacial score (nSPS) is 18.9. The first-order chi connectivity index (χ1) is 14.1. The number of rotatable bonds is 5. The smallest absolute Gasteiger partial charge is 0.442 e. The summed E-state index contributed by atoms with van der Waals surface area (Å²) in [5.74, 6) is -2.17. The average molecular weight is 440 g/mol. The van der Waals surface area contributed by atoms with Gasteiger partial charge in [-0.2, -0.15) is 13.2 Å². The minimum atomic E-state index is -5.17. The molecule has 0 fully saturated rings. The molecule has 1 N–H and O–H groups in total. The number of alkyl halides is 3. The highest BCUT2D eigenvalue weighted by atomic mass is 35.5. The molecule has 158 valence electrons. The van der Waals surface area contributed by atoms with Crippen molar-refractivity contribution in [1.29, 1.82) is 0 Å². The first-order valence-corrected chi connectivity index (χ1v) is 9.12. The van der Waals surface area contributed by atoms with Crippen LogP contribution in [0.4, 0.5) is 13.2 Å². The van der Waals surface area contributed by atoms with Crippen molar-refractivity contribution in [3.05, 3.63) is 64.7 Å². The van der Waals surface area contributed by atoms with Crippen molar-refractivity contribution in [2.45, 2.75) is 25.3 Å². The summed E-state index contributed by atoms with van der Waals surface area (Å²) in [5.41, 5.74) is -3.06. The maximum absolute atomic E-state index is 14.0. The van der Waals surface area contributed by atoms with Gasteiger partial charge in [-0.1, -0.05) is 35.9 Å². The largest absolute Gasteiger partial charge is 0.497 e. The van der Waals surface area contributed by atoms with Crippen molar-refractivity contribution < 1.29 is 27.5 Å². The number of halogens is 4. The van der Waals surface area contributed by atoms with Crippen molar-refractivity contribution in [1.82, 2.24) is 10.2 Å². The fraction of sp³-hybridized carbons (Fsp3) is 0.250. The highest BCUT2D eigenvalue weighted by molar-refractivity contribution is 6.34. The molecular formula is C20H17ClF3N3O3. The standard InChI is InChI=1S/C20H17ClF3N3O3/c1-12-25-19(20(22,23)24,26-17(28)15-5-3-4-6-16(15)21)18(29)27(12)11-13-7-9-14(30-2)10-8-13/h3-10H,11H2,1-2H3,(H,26,28). The Morgan fingerprint density at radius 2 is 1.83 bits per heavy atom. The van der Waals surface area contributed by atoms with Gasteiger partial charge in [-0.3, -0.25) is 14.5 Å². The molecule has 0 saturated carbocycles. The van der Waals surface area contributed by atoms with Crippen LogP contribution in [0, 0.1) is 0 Å². The Morgan fingerprint density at radius 1 is 1.20 bits per heavy atom. The number of nitrogens with zero attached hydrogens (tertiary/aromatic N) is 2. The first kappa shape index (κ1) is 21.6. The van der Waals surface area contributed by atoms with E-state index in [1.165, 1.54) is 38.3 Å². The molecule has 2 amide bonds. The van der Waals surface area contributed by atoms with E-state index in [0.717, 1.165) is 4.90 Å². The Morgan fingerprint density at radius 3 is 2.40 bits per heavy atom. The molecule has 6 nitrogen and oxygen atoms in total. The number of hydrogen-bond donors (Lipinski definition) is 1. The van der Waals surface area contributed by atoms with Crippen LogP contribution in [-0.4, -0.2) is 41.5 Å². The van der Waals surface area contributed by atoms with E-state index in [2.05, 4.69) is 4.99 Å². The summed E-state index contributed by atoms with van der Waals surface area (Å²) in [4.78, 5) is 29.8. The van der Waals surface area contributed by atoms with Crippen LogP contribution in [0.5, 0.6) is 5.75 Å². The van der Waals surface area contributed by atoms with Gasteiger partial charge in [0.15, 0.2) is 0 Å². The van der Waals surface area contributed by atoms with Gasteiger partial charge in [-0.25, -0.2) is 4.99 Å². The lowest BCUT2D eigenvalue weighted by Gasteiger charge is -2.29. The van der Waals surface area contributed by atoms with Gasteiger partial charge in [-0.05, 0) is 36.8 Å². The summed E-state index contributed by atoms with van der Waals surface area (Å²) in [6.45, 7) is 1.12. The number of carbonyl (C=O) groups is 2. The Kier molecular flexibility index (Phi) is 5.76. The van der Waals surface area contributed by atoms with Crippen LogP contribution in [0.15, 0.2) is 53.5 Å². The Balaban J connectivity index is 1.92. The molecule has 0 radical (unpaired) electrons. The first-order valence-electron chi connectivity index (χ1n) is 8.74. The van der Waals surface area contributed by atoms with Gasteiger partial charge >= 0.3 is 11.8 Å². The van der Waals surface area contributed by atoms with E-state index in [-0.39, 0.29) is 23.0 Å². The minimum absolute atomic E-state index is 0.0476. The van der Waals surface area contributed by atoms with E-state index < -0.39 is 23.7 Å². The molecule has 1 unspecified atom stereocenters. The topological polar surface area (TPSA) is 71.0 Å². The third-order valence-corrected chi connectivity index (χ3v) is 4.93.